The number of carbonyl (C=O) groups excluding carboxylic acids is 1. The van der Waals surface area contributed by atoms with Crippen LogP contribution < -0.4 is 0 Å². The highest BCUT2D eigenvalue weighted by Crippen LogP contribution is 2.26. The standard InChI is InChI=1S/C24H22FN3OS/c1-27(15-18-9-3-2-4-10-18)23(29)17-30-24-26-21-13-7-8-14-22(21)28(24)16-19-11-5-6-12-20(19)25/h2-14H,15-17H2,1H3. The molecule has 0 spiro atoms. The Morgan fingerprint density at radius 1 is 1.00 bits per heavy atom. The van der Waals surface area contributed by atoms with Crippen LogP contribution in [0.3, 0.4) is 0 Å². The summed E-state index contributed by atoms with van der Waals surface area (Å²) in [7, 11) is 1.80. The van der Waals surface area contributed by atoms with Gasteiger partial charge in [0.15, 0.2) is 5.16 Å². The largest absolute Gasteiger partial charge is 0.341 e. The summed E-state index contributed by atoms with van der Waals surface area (Å²) in [5, 5.41) is 0.709. The number of hydrogen-bond donors (Lipinski definition) is 0. The van der Waals surface area contributed by atoms with Gasteiger partial charge < -0.3 is 9.47 Å². The number of amides is 1. The summed E-state index contributed by atoms with van der Waals surface area (Å²) in [5.41, 5.74) is 3.44. The second kappa shape index (κ2) is 9.13. The third kappa shape index (κ3) is 4.54. The molecule has 0 saturated heterocycles. The van der Waals surface area contributed by atoms with E-state index in [1.54, 1.807) is 24.1 Å². The van der Waals surface area contributed by atoms with E-state index in [0.717, 1.165) is 16.6 Å². The van der Waals surface area contributed by atoms with E-state index in [9.17, 15) is 9.18 Å². The van der Waals surface area contributed by atoms with E-state index in [0.29, 0.717) is 23.8 Å². The molecule has 4 rings (SSSR count). The zero-order chi connectivity index (χ0) is 20.9. The second-order valence-corrected chi connectivity index (χ2v) is 8.03. The minimum absolute atomic E-state index is 0.0216. The van der Waals surface area contributed by atoms with Crippen molar-refractivity contribution in [3.05, 3.63) is 95.8 Å². The van der Waals surface area contributed by atoms with E-state index in [1.165, 1.54) is 17.8 Å². The van der Waals surface area contributed by atoms with Gasteiger partial charge in [0, 0.05) is 19.2 Å². The Balaban J connectivity index is 1.52. The first-order valence-electron chi connectivity index (χ1n) is 9.71. The van der Waals surface area contributed by atoms with Crippen molar-refractivity contribution >= 4 is 28.7 Å². The Labute approximate surface area is 179 Å². The van der Waals surface area contributed by atoms with Crippen molar-refractivity contribution in [1.29, 1.82) is 0 Å². The number of benzene rings is 3. The Hall–Kier alpha value is -3.12. The van der Waals surface area contributed by atoms with Gasteiger partial charge in [0.25, 0.3) is 0 Å². The molecule has 0 radical (unpaired) electrons. The lowest BCUT2D eigenvalue weighted by molar-refractivity contribution is -0.127. The number of imidazole rings is 1. The Bertz CT molecular complexity index is 1160. The molecule has 152 valence electrons. The molecule has 3 aromatic carbocycles. The van der Waals surface area contributed by atoms with Gasteiger partial charge in [-0.25, -0.2) is 9.37 Å². The van der Waals surface area contributed by atoms with Crippen LogP contribution in [0, 0.1) is 5.82 Å². The molecule has 0 aliphatic carbocycles. The number of hydrogen-bond acceptors (Lipinski definition) is 3. The summed E-state index contributed by atoms with van der Waals surface area (Å²) in [6.07, 6.45) is 0. The van der Waals surface area contributed by atoms with Gasteiger partial charge in [-0.15, -0.1) is 0 Å². The average Bonchev–Trinajstić information content (AvgIpc) is 3.11. The van der Waals surface area contributed by atoms with Crippen LogP contribution in [-0.4, -0.2) is 33.2 Å². The second-order valence-electron chi connectivity index (χ2n) is 7.08. The molecule has 1 amide bonds. The van der Waals surface area contributed by atoms with Crippen LogP contribution in [0.2, 0.25) is 0 Å². The predicted molar refractivity (Wildman–Crippen MR) is 119 cm³/mol. The third-order valence-corrected chi connectivity index (χ3v) is 5.88. The van der Waals surface area contributed by atoms with Gasteiger partial charge in [-0.2, -0.15) is 0 Å². The smallest absolute Gasteiger partial charge is 0.233 e. The van der Waals surface area contributed by atoms with Gasteiger partial charge in [0.2, 0.25) is 5.91 Å². The van der Waals surface area contributed by atoms with Crippen molar-refractivity contribution in [3.63, 3.8) is 0 Å². The summed E-state index contributed by atoms with van der Waals surface area (Å²) in [5.74, 6) is 0.0439. The zero-order valence-corrected chi connectivity index (χ0v) is 17.5. The maximum atomic E-state index is 14.2. The number of rotatable bonds is 7. The van der Waals surface area contributed by atoms with Crippen LogP contribution >= 0.6 is 11.8 Å². The maximum Gasteiger partial charge on any atom is 0.233 e. The molecule has 0 aliphatic heterocycles. The molecule has 4 aromatic rings. The van der Waals surface area contributed by atoms with Crippen molar-refractivity contribution in [2.24, 2.45) is 0 Å². The van der Waals surface area contributed by atoms with E-state index >= 15 is 0 Å². The molecule has 4 nitrogen and oxygen atoms in total. The van der Waals surface area contributed by atoms with E-state index in [2.05, 4.69) is 4.98 Å². The minimum Gasteiger partial charge on any atom is -0.341 e. The number of nitrogens with zero attached hydrogens (tertiary/aromatic N) is 3. The molecular weight excluding hydrogens is 397 g/mol. The van der Waals surface area contributed by atoms with Crippen molar-refractivity contribution < 1.29 is 9.18 Å². The van der Waals surface area contributed by atoms with Crippen LogP contribution in [-0.2, 0) is 17.9 Å². The van der Waals surface area contributed by atoms with Crippen LogP contribution in [0.15, 0.2) is 84.0 Å². The van der Waals surface area contributed by atoms with E-state index in [4.69, 9.17) is 0 Å². The molecule has 0 N–H and O–H groups in total. The van der Waals surface area contributed by atoms with Gasteiger partial charge in [0.1, 0.15) is 5.82 Å². The topological polar surface area (TPSA) is 38.1 Å². The van der Waals surface area contributed by atoms with Crippen molar-refractivity contribution in [2.45, 2.75) is 18.2 Å². The first kappa shape index (κ1) is 20.2. The van der Waals surface area contributed by atoms with Crippen molar-refractivity contribution in [2.75, 3.05) is 12.8 Å². The third-order valence-electron chi connectivity index (χ3n) is 4.92. The molecule has 0 atom stereocenters. The molecule has 0 fully saturated rings. The average molecular weight is 420 g/mol. The zero-order valence-electron chi connectivity index (χ0n) is 16.7. The summed E-state index contributed by atoms with van der Waals surface area (Å²) < 4.78 is 16.2. The SMILES string of the molecule is CN(Cc1ccccc1)C(=O)CSc1nc2ccccc2n1Cc1ccccc1F. The first-order chi connectivity index (χ1) is 14.6. The Morgan fingerprint density at radius 2 is 1.70 bits per heavy atom. The van der Waals surface area contributed by atoms with Gasteiger partial charge in [-0.05, 0) is 23.8 Å². The van der Waals surface area contributed by atoms with E-state index < -0.39 is 0 Å². The van der Waals surface area contributed by atoms with Crippen LogP contribution in [0.1, 0.15) is 11.1 Å². The monoisotopic (exact) mass is 419 g/mol. The quantitative estimate of drug-likeness (QED) is 0.397. The summed E-state index contributed by atoms with van der Waals surface area (Å²) >= 11 is 1.38. The van der Waals surface area contributed by atoms with Crippen molar-refractivity contribution in [3.8, 4) is 0 Å². The number of carbonyl (C=O) groups is 1. The number of aromatic nitrogens is 2. The number of fused-ring (bicyclic) bond motifs is 1. The van der Waals surface area contributed by atoms with Crippen LogP contribution in [0.25, 0.3) is 11.0 Å². The summed E-state index contributed by atoms with van der Waals surface area (Å²) in [4.78, 5) is 19.1. The summed E-state index contributed by atoms with van der Waals surface area (Å²) in [6, 6.07) is 24.4. The molecular formula is C24H22FN3OS. The molecule has 30 heavy (non-hydrogen) atoms. The molecule has 0 unspecified atom stereocenters. The van der Waals surface area contributed by atoms with Crippen LogP contribution in [0.5, 0.6) is 0 Å². The Kier molecular flexibility index (Phi) is 6.14. The molecule has 0 aliphatic rings. The highest BCUT2D eigenvalue weighted by atomic mass is 32.2. The van der Waals surface area contributed by atoms with Gasteiger partial charge in [-0.3, -0.25) is 4.79 Å². The van der Waals surface area contributed by atoms with E-state index in [1.807, 2.05) is 65.2 Å². The first-order valence-corrected chi connectivity index (χ1v) is 10.7. The van der Waals surface area contributed by atoms with Crippen LogP contribution in [0.4, 0.5) is 4.39 Å². The highest BCUT2D eigenvalue weighted by molar-refractivity contribution is 7.99. The highest BCUT2D eigenvalue weighted by Gasteiger charge is 2.16. The predicted octanol–water partition coefficient (Wildman–Crippen LogP) is 4.97. The maximum absolute atomic E-state index is 14.2. The molecule has 1 aromatic heterocycles. The number of halogens is 1. The normalized spacial score (nSPS) is 11.0. The lowest BCUT2D eigenvalue weighted by atomic mass is 10.2. The van der Waals surface area contributed by atoms with Gasteiger partial charge in [-0.1, -0.05) is 72.4 Å². The van der Waals surface area contributed by atoms with Gasteiger partial charge >= 0.3 is 0 Å². The molecule has 0 saturated carbocycles. The lowest BCUT2D eigenvalue weighted by Gasteiger charge is -2.17. The number of thioether (sulfide) groups is 1. The molecule has 1 heterocycles. The Morgan fingerprint density at radius 3 is 2.50 bits per heavy atom. The van der Waals surface area contributed by atoms with E-state index in [-0.39, 0.29) is 17.5 Å². The molecule has 6 heteroatoms. The fourth-order valence-electron chi connectivity index (χ4n) is 3.30. The number of para-hydroxylation sites is 2. The fraction of sp³-hybridized carbons (Fsp3) is 0.167. The summed E-state index contributed by atoms with van der Waals surface area (Å²) in [6.45, 7) is 0.926. The molecule has 0 bridgehead atoms. The van der Waals surface area contributed by atoms with Crippen molar-refractivity contribution in [1.82, 2.24) is 14.5 Å². The lowest BCUT2D eigenvalue weighted by Crippen LogP contribution is -2.27. The fourth-order valence-corrected chi connectivity index (χ4v) is 4.25. The minimum atomic E-state index is -0.245. The van der Waals surface area contributed by atoms with Gasteiger partial charge in [0.05, 0.1) is 23.3 Å².